The van der Waals surface area contributed by atoms with Gasteiger partial charge in [0, 0.05) is 7.11 Å². The van der Waals surface area contributed by atoms with Crippen LogP contribution >= 0.6 is 0 Å². The van der Waals surface area contributed by atoms with Crippen molar-refractivity contribution < 1.29 is 27.0 Å². The lowest BCUT2D eigenvalue weighted by Gasteiger charge is -2.23. The van der Waals surface area contributed by atoms with Crippen molar-refractivity contribution in [3.05, 3.63) is 0 Å². The molecule has 2 nitrogen and oxygen atoms in total. The maximum Gasteiger partial charge on any atom is 0.448 e. The van der Waals surface area contributed by atoms with Gasteiger partial charge in [0.05, 0.1) is 6.61 Å². The van der Waals surface area contributed by atoms with E-state index in [0.29, 0.717) is 7.11 Å². The van der Waals surface area contributed by atoms with E-state index in [1.807, 2.05) is 0 Å². The van der Waals surface area contributed by atoms with Crippen LogP contribution in [0.15, 0.2) is 0 Å². The molecule has 0 bridgehead atoms. The van der Waals surface area contributed by atoms with Gasteiger partial charge in [-0.3, -0.25) is 0 Å². The Hall–Kier alpha value is -0.360. The van der Waals surface area contributed by atoms with Crippen LogP contribution in [0.4, 0.5) is 17.6 Å². The van der Waals surface area contributed by atoms with E-state index in [0.717, 1.165) is 0 Å². The molecule has 0 fully saturated rings. The van der Waals surface area contributed by atoms with Gasteiger partial charge in [-0.1, -0.05) is 0 Å². The number of alkyl halides is 4. The molecule has 0 aliphatic heterocycles. The lowest BCUT2D eigenvalue weighted by Crippen LogP contribution is -2.44. The molecule has 0 unspecified atom stereocenters. The summed E-state index contributed by atoms with van der Waals surface area (Å²) in [5.41, 5.74) is 0. The summed E-state index contributed by atoms with van der Waals surface area (Å²) in [6, 6.07) is 0. The van der Waals surface area contributed by atoms with Gasteiger partial charge in [0.2, 0.25) is 0 Å². The van der Waals surface area contributed by atoms with E-state index in [-0.39, 0.29) is 0 Å². The Balaban J connectivity index is 4.26. The molecule has 0 amide bonds. The van der Waals surface area contributed by atoms with E-state index in [2.05, 4.69) is 9.47 Å². The molecule has 0 heterocycles. The molecule has 0 N–H and O–H groups in total. The number of halogens is 4. The zero-order valence-electron chi connectivity index (χ0n) is 6.04. The van der Waals surface area contributed by atoms with Crippen molar-refractivity contribution >= 4 is 0 Å². The maximum absolute atomic E-state index is 12.1. The second-order valence-electron chi connectivity index (χ2n) is 1.67. The molecule has 0 aromatic carbocycles. The smallest absolute Gasteiger partial charge is 0.317 e. The molecule has 0 atom stereocenters. The fraction of sp³-hybridized carbons (Fsp3) is 1.00. The Morgan fingerprint density at radius 1 is 1.09 bits per heavy atom. The molecule has 0 saturated carbocycles. The summed E-state index contributed by atoms with van der Waals surface area (Å²) < 4.78 is 55.0. The van der Waals surface area contributed by atoms with E-state index in [9.17, 15) is 17.6 Å². The molecule has 6 heteroatoms. The van der Waals surface area contributed by atoms with Crippen molar-refractivity contribution in [3.8, 4) is 0 Å². The Kier molecular flexibility index (Phi) is 3.25. The van der Waals surface area contributed by atoms with Crippen LogP contribution in [0.25, 0.3) is 0 Å². The minimum atomic E-state index is -4.57. The van der Waals surface area contributed by atoms with Crippen molar-refractivity contribution in [1.82, 2.24) is 0 Å². The van der Waals surface area contributed by atoms with Crippen molar-refractivity contribution in [1.29, 1.82) is 0 Å². The highest BCUT2D eigenvalue weighted by molar-refractivity contribution is 4.64. The van der Waals surface area contributed by atoms with E-state index in [4.69, 9.17) is 0 Å². The average molecular weight is 176 g/mol. The van der Waals surface area contributed by atoms with Crippen molar-refractivity contribution in [2.75, 3.05) is 13.7 Å². The third-order valence-corrected chi connectivity index (χ3v) is 0.921. The summed E-state index contributed by atoms with van der Waals surface area (Å²) in [5, 5.41) is 0. The van der Waals surface area contributed by atoms with Crippen LogP contribution in [-0.2, 0) is 9.47 Å². The van der Waals surface area contributed by atoms with E-state index in [1.54, 1.807) is 0 Å². The Morgan fingerprint density at radius 2 is 1.55 bits per heavy atom. The summed E-state index contributed by atoms with van der Waals surface area (Å²) in [6.45, 7) is 0.672. The van der Waals surface area contributed by atoms with Crippen LogP contribution in [0, 0.1) is 0 Å². The molecule has 0 rings (SSSR count). The Labute approximate surface area is 61.1 Å². The highest BCUT2D eigenvalue weighted by atomic mass is 19.3. The first-order valence-corrected chi connectivity index (χ1v) is 2.82. The molecule has 0 spiro atoms. The van der Waals surface area contributed by atoms with Crippen LogP contribution in [-0.4, -0.2) is 25.9 Å². The van der Waals surface area contributed by atoms with Crippen molar-refractivity contribution in [2.45, 2.75) is 19.1 Å². The summed E-state index contributed by atoms with van der Waals surface area (Å²) in [7, 11) is 0.479. The van der Waals surface area contributed by atoms with Crippen LogP contribution < -0.4 is 0 Å². The van der Waals surface area contributed by atoms with Gasteiger partial charge in [-0.15, -0.1) is 0 Å². The summed E-state index contributed by atoms with van der Waals surface area (Å²) in [4.78, 5) is 0. The molecule has 0 aliphatic carbocycles. The molecule has 11 heavy (non-hydrogen) atoms. The summed E-state index contributed by atoms with van der Waals surface area (Å²) in [5.74, 6) is 0. The highest BCUT2D eigenvalue weighted by Crippen LogP contribution is 2.35. The third-order valence-electron chi connectivity index (χ3n) is 0.921. The van der Waals surface area contributed by atoms with E-state index >= 15 is 0 Å². The largest absolute Gasteiger partial charge is 0.448 e. The van der Waals surface area contributed by atoms with E-state index < -0.39 is 18.8 Å². The lowest BCUT2D eigenvalue weighted by atomic mass is 10.5. The molecule has 0 aliphatic rings. The quantitative estimate of drug-likeness (QED) is 0.608. The van der Waals surface area contributed by atoms with Gasteiger partial charge in [0.1, 0.15) is 0 Å². The van der Waals surface area contributed by atoms with Gasteiger partial charge in [-0.05, 0) is 6.92 Å². The fourth-order valence-corrected chi connectivity index (χ4v) is 0.384. The first-order valence-electron chi connectivity index (χ1n) is 2.82. The van der Waals surface area contributed by atoms with E-state index in [1.165, 1.54) is 6.92 Å². The zero-order chi connectivity index (χ0) is 9.12. The summed E-state index contributed by atoms with van der Waals surface area (Å²) in [6.07, 6.45) is -9.13. The molecular weight excluding hydrogens is 168 g/mol. The number of rotatable bonds is 4. The van der Waals surface area contributed by atoms with Crippen LogP contribution in [0.2, 0.25) is 0 Å². The number of ether oxygens (including phenoxy) is 2. The van der Waals surface area contributed by atoms with Gasteiger partial charge in [0.15, 0.2) is 0 Å². The number of hydrogen-bond acceptors (Lipinski definition) is 2. The second kappa shape index (κ2) is 3.36. The predicted molar refractivity (Wildman–Crippen MR) is 28.5 cm³/mol. The van der Waals surface area contributed by atoms with Gasteiger partial charge in [-0.2, -0.15) is 17.6 Å². The van der Waals surface area contributed by atoms with Gasteiger partial charge < -0.3 is 9.47 Å². The van der Waals surface area contributed by atoms with Crippen LogP contribution in [0.3, 0.4) is 0 Å². The summed E-state index contributed by atoms with van der Waals surface area (Å²) >= 11 is 0. The lowest BCUT2D eigenvalue weighted by molar-refractivity contribution is -0.423. The normalized spacial score (nSPS) is 13.6. The Morgan fingerprint density at radius 3 is 1.82 bits per heavy atom. The van der Waals surface area contributed by atoms with Gasteiger partial charge in [-0.25, -0.2) is 0 Å². The van der Waals surface area contributed by atoms with Crippen LogP contribution in [0.5, 0.6) is 0 Å². The highest BCUT2D eigenvalue weighted by Gasteiger charge is 2.59. The zero-order valence-corrected chi connectivity index (χ0v) is 6.04. The molecule has 0 aromatic heterocycles. The topological polar surface area (TPSA) is 18.5 Å². The number of hydrogen-bond donors (Lipinski definition) is 0. The SMILES string of the molecule is CCOC(F)(F)C(F)(F)OC. The minimum Gasteiger partial charge on any atom is -0.317 e. The molecule has 0 saturated heterocycles. The first kappa shape index (κ1) is 10.6. The first-order chi connectivity index (χ1) is 4.87. The molecule has 0 radical (unpaired) electrons. The predicted octanol–water partition coefficient (Wildman–Crippen LogP) is 1.85. The van der Waals surface area contributed by atoms with Crippen molar-refractivity contribution in [3.63, 3.8) is 0 Å². The van der Waals surface area contributed by atoms with Crippen LogP contribution in [0.1, 0.15) is 6.92 Å². The Bertz CT molecular complexity index is 126. The molecule has 68 valence electrons. The minimum absolute atomic E-state index is 0.479. The molecular formula is C5H8F4O2. The average Bonchev–Trinajstić information content (AvgIpc) is 1.87. The van der Waals surface area contributed by atoms with Gasteiger partial charge in [0.25, 0.3) is 0 Å². The maximum atomic E-state index is 12.1. The fourth-order valence-electron chi connectivity index (χ4n) is 0.384. The molecule has 0 aromatic rings. The van der Waals surface area contributed by atoms with Crippen molar-refractivity contribution in [2.24, 2.45) is 0 Å². The van der Waals surface area contributed by atoms with Gasteiger partial charge >= 0.3 is 12.2 Å². The monoisotopic (exact) mass is 176 g/mol. The third kappa shape index (κ3) is 2.30. The standard InChI is InChI=1S/C5H8F4O2/c1-3-11-5(8,9)4(6,7)10-2/h3H2,1-2H3. The number of methoxy groups -OCH3 is 1. The second-order valence-corrected chi connectivity index (χ2v) is 1.67.